The predicted octanol–water partition coefficient (Wildman–Crippen LogP) is 3.77. The van der Waals surface area contributed by atoms with Crippen LogP contribution in [0.2, 0.25) is 0 Å². The number of hydrogen-bond donors (Lipinski definition) is 1. The molecule has 8 heteroatoms. The Labute approximate surface area is 188 Å². The molecular formula is C24H34O8. The average molecular weight is 451 g/mol. The molecule has 1 aromatic rings. The van der Waals surface area contributed by atoms with Gasteiger partial charge < -0.3 is 23.7 Å². The van der Waals surface area contributed by atoms with Crippen molar-refractivity contribution in [2.75, 3.05) is 21.3 Å². The molecule has 2 heterocycles. The van der Waals surface area contributed by atoms with E-state index in [0.717, 1.165) is 5.57 Å². The first-order valence-corrected chi connectivity index (χ1v) is 10.8. The maximum Gasteiger partial charge on any atom is 0.341 e. The molecule has 0 saturated heterocycles. The second-order valence-corrected chi connectivity index (χ2v) is 8.70. The van der Waals surface area contributed by atoms with Gasteiger partial charge in [-0.2, -0.15) is 0 Å². The van der Waals surface area contributed by atoms with Crippen LogP contribution in [0.3, 0.4) is 0 Å². The number of aliphatic hydroxyl groups is 1. The van der Waals surface area contributed by atoms with E-state index in [1.807, 2.05) is 26.8 Å². The van der Waals surface area contributed by atoms with E-state index in [-0.39, 0.29) is 41.8 Å². The van der Waals surface area contributed by atoms with Crippen LogP contribution in [0.1, 0.15) is 74.4 Å². The Kier molecular flexibility index (Phi) is 8.66. The Bertz CT molecular complexity index is 847. The number of esters is 3. The molecule has 178 valence electrons. The Morgan fingerprint density at radius 1 is 1.12 bits per heavy atom. The first-order valence-electron chi connectivity index (χ1n) is 10.8. The molecule has 0 aliphatic carbocycles. The summed E-state index contributed by atoms with van der Waals surface area (Å²) in [6, 6.07) is 1.43. The Hall–Kier alpha value is -2.61. The molecule has 2 atom stereocenters. The van der Waals surface area contributed by atoms with E-state index < -0.39 is 29.4 Å². The zero-order chi connectivity index (χ0) is 24.1. The predicted molar refractivity (Wildman–Crippen MR) is 116 cm³/mol. The van der Waals surface area contributed by atoms with E-state index in [1.165, 1.54) is 27.4 Å². The highest BCUT2D eigenvalue weighted by molar-refractivity contribution is 6.00. The SMILES string of the molecule is COC(=O)c1cc2oc1[C@H](O)[C@H](C(C)C)CC/C(C)=C/CCC(C(=O)OC)(C(=O)OC)C2. The van der Waals surface area contributed by atoms with Gasteiger partial charge in [0.05, 0.1) is 21.3 Å². The van der Waals surface area contributed by atoms with E-state index in [0.29, 0.717) is 19.3 Å². The van der Waals surface area contributed by atoms with Gasteiger partial charge in [-0.15, -0.1) is 0 Å². The molecule has 0 amide bonds. The Balaban J connectivity index is 2.70. The van der Waals surface area contributed by atoms with Crippen LogP contribution in [0, 0.1) is 17.3 Å². The zero-order valence-corrected chi connectivity index (χ0v) is 19.7. The van der Waals surface area contributed by atoms with E-state index >= 15 is 0 Å². The van der Waals surface area contributed by atoms with Gasteiger partial charge in [0, 0.05) is 6.42 Å². The smallest absolute Gasteiger partial charge is 0.341 e. The number of aliphatic hydroxyl groups excluding tert-OH is 1. The second-order valence-electron chi connectivity index (χ2n) is 8.70. The van der Waals surface area contributed by atoms with Crippen molar-refractivity contribution < 1.29 is 38.1 Å². The fourth-order valence-electron chi connectivity index (χ4n) is 4.35. The largest absolute Gasteiger partial charge is 0.468 e. The van der Waals surface area contributed by atoms with Gasteiger partial charge in [0.1, 0.15) is 23.2 Å². The minimum absolute atomic E-state index is 0.0774. The number of furan rings is 1. The third kappa shape index (κ3) is 5.23. The van der Waals surface area contributed by atoms with Crippen molar-refractivity contribution >= 4 is 17.9 Å². The summed E-state index contributed by atoms with van der Waals surface area (Å²) in [5, 5.41) is 11.2. The lowest BCUT2D eigenvalue weighted by Gasteiger charge is -2.27. The lowest BCUT2D eigenvalue weighted by Crippen LogP contribution is -2.43. The normalized spacial score (nSPS) is 23.1. The van der Waals surface area contributed by atoms with E-state index in [9.17, 15) is 19.5 Å². The fraction of sp³-hybridized carbons (Fsp3) is 0.625. The van der Waals surface area contributed by atoms with E-state index in [2.05, 4.69) is 0 Å². The third-order valence-corrected chi connectivity index (χ3v) is 6.31. The number of fused-ring (bicyclic) bond motifs is 2. The first kappa shape index (κ1) is 25.6. The number of methoxy groups -OCH3 is 3. The molecule has 0 radical (unpaired) electrons. The van der Waals surface area contributed by atoms with Crippen LogP contribution in [-0.2, 0) is 30.2 Å². The van der Waals surface area contributed by atoms with Crippen molar-refractivity contribution in [1.82, 2.24) is 0 Å². The summed E-state index contributed by atoms with van der Waals surface area (Å²) in [5.74, 6) is -1.94. The number of hydrogen-bond acceptors (Lipinski definition) is 8. The molecule has 0 unspecified atom stereocenters. The van der Waals surface area contributed by atoms with Gasteiger partial charge in [-0.3, -0.25) is 9.59 Å². The molecule has 2 bridgehead atoms. The highest BCUT2D eigenvalue weighted by atomic mass is 16.5. The van der Waals surface area contributed by atoms with Crippen LogP contribution in [-0.4, -0.2) is 44.3 Å². The van der Waals surface area contributed by atoms with Crippen molar-refractivity contribution in [2.24, 2.45) is 17.3 Å². The summed E-state index contributed by atoms with van der Waals surface area (Å²) >= 11 is 0. The van der Waals surface area contributed by atoms with Gasteiger partial charge in [-0.05, 0) is 50.5 Å². The molecule has 8 nitrogen and oxygen atoms in total. The standard InChI is InChI=1S/C24H34O8/c1-14(2)17-10-9-15(3)8-7-11-24(22(27)30-5,23(28)31-6)13-16-12-18(21(26)29-4)20(32-16)19(17)25/h8,12,14,17,19,25H,7,9-11,13H2,1-6H3/b15-8+/t17-,19+/m0/s1. The average Bonchev–Trinajstić information content (AvgIpc) is 3.19. The summed E-state index contributed by atoms with van der Waals surface area (Å²) in [6.07, 6.45) is 2.74. The molecule has 0 aromatic carbocycles. The molecule has 1 aliphatic heterocycles. The summed E-state index contributed by atoms with van der Waals surface area (Å²) in [4.78, 5) is 38.1. The monoisotopic (exact) mass is 450 g/mol. The molecule has 1 N–H and O–H groups in total. The van der Waals surface area contributed by atoms with Crippen LogP contribution >= 0.6 is 0 Å². The summed E-state index contributed by atoms with van der Waals surface area (Å²) < 4.78 is 20.7. The molecule has 1 aromatic heterocycles. The van der Waals surface area contributed by atoms with Gasteiger partial charge in [0.2, 0.25) is 0 Å². The van der Waals surface area contributed by atoms with Crippen molar-refractivity contribution in [3.8, 4) is 0 Å². The van der Waals surface area contributed by atoms with Gasteiger partial charge in [-0.25, -0.2) is 4.79 Å². The van der Waals surface area contributed by atoms with Crippen LogP contribution in [0.4, 0.5) is 0 Å². The topological polar surface area (TPSA) is 112 Å². The number of ether oxygens (including phenoxy) is 3. The molecule has 0 spiro atoms. The summed E-state index contributed by atoms with van der Waals surface area (Å²) in [7, 11) is 3.66. The van der Waals surface area contributed by atoms with Crippen LogP contribution in [0.15, 0.2) is 22.1 Å². The molecule has 1 aliphatic rings. The van der Waals surface area contributed by atoms with Crippen LogP contribution in [0.25, 0.3) is 0 Å². The molecule has 0 fully saturated rings. The second kappa shape index (κ2) is 10.8. The Morgan fingerprint density at radius 3 is 2.28 bits per heavy atom. The maximum absolute atomic E-state index is 12.8. The summed E-state index contributed by atoms with van der Waals surface area (Å²) in [6.45, 7) is 5.99. The van der Waals surface area contributed by atoms with Crippen molar-refractivity contribution in [2.45, 2.75) is 59.0 Å². The first-order chi connectivity index (χ1) is 15.1. The van der Waals surface area contributed by atoms with Crippen molar-refractivity contribution in [1.29, 1.82) is 0 Å². The van der Waals surface area contributed by atoms with Crippen LogP contribution in [0.5, 0.6) is 0 Å². The van der Waals surface area contributed by atoms with Crippen LogP contribution < -0.4 is 0 Å². The Morgan fingerprint density at radius 2 is 1.75 bits per heavy atom. The number of allylic oxidation sites excluding steroid dienone is 2. The maximum atomic E-state index is 12.8. The van der Waals surface area contributed by atoms with Gasteiger partial charge in [0.25, 0.3) is 0 Å². The van der Waals surface area contributed by atoms with Gasteiger partial charge in [0.15, 0.2) is 5.41 Å². The fourth-order valence-corrected chi connectivity index (χ4v) is 4.35. The minimum Gasteiger partial charge on any atom is -0.468 e. The highest BCUT2D eigenvalue weighted by Gasteiger charge is 2.49. The number of rotatable bonds is 4. The quantitative estimate of drug-likeness (QED) is 0.319. The van der Waals surface area contributed by atoms with E-state index in [1.54, 1.807) is 0 Å². The minimum atomic E-state index is -1.65. The van der Waals surface area contributed by atoms with Gasteiger partial charge in [-0.1, -0.05) is 25.5 Å². The van der Waals surface area contributed by atoms with Crippen molar-refractivity contribution in [3.63, 3.8) is 0 Å². The zero-order valence-electron chi connectivity index (χ0n) is 19.7. The molecule has 0 saturated carbocycles. The van der Waals surface area contributed by atoms with Gasteiger partial charge >= 0.3 is 17.9 Å². The van der Waals surface area contributed by atoms with Crippen molar-refractivity contribution in [3.05, 3.63) is 34.8 Å². The van der Waals surface area contributed by atoms with E-state index in [4.69, 9.17) is 18.6 Å². The lowest BCUT2D eigenvalue weighted by atomic mass is 9.78. The molecule has 2 rings (SSSR count). The molecule has 32 heavy (non-hydrogen) atoms. The number of carbonyl (C=O) groups is 3. The number of carbonyl (C=O) groups excluding carboxylic acids is 3. The lowest BCUT2D eigenvalue weighted by molar-refractivity contribution is -0.170. The summed E-state index contributed by atoms with van der Waals surface area (Å²) in [5.41, 5.74) is -0.494. The third-order valence-electron chi connectivity index (χ3n) is 6.31. The molecular weight excluding hydrogens is 416 g/mol. The highest BCUT2D eigenvalue weighted by Crippen LogP contribution is 2.39.